The molecular weight excluding hydrogens is 373 g/mol. The third-order valence-electron chi connectivity index (χ3n) is 3.93. The number of methoxy groups -OCH3 is 1. The number of nitrogens with zero attached hydrogens (tertiary/aromatic N) is 2. The van der Waals surface area contributed by atoms with E-state index in [4.69, 9.17) is 16.3 Å². The Morgan fingerprint density at radius 2 is 2.04 bits per heavy atom. The van der Waals surface area contributed by atoms with Crippen LogP contribution >= 0.6 is 11.6 Å². The molecule has 0 saturated carbocycles. The van der Waals surface area contributed by atoms with Crippen molar-refractivity contribution in [3.05, 3.63) is 93.0 Å². The van der Waals surface area contributed by atoms with Crippen LogP contribution in [0.5, 0.6) is 5.75 Å². The van der Waals surface area contributed by atoms with Gasteiger partial charge in [-0.2, -0.15) is 0 Å². The van der Waals surface area contributed by atoms with E-state index in [9.17, 15) is 14.5 Å². The first-order valence-electron chi connectivity index (χ1n) is 7.94. The molecule has 3 aromatic rings. The number of hydrogen-bond acceptors (Lipinski definition) is 5. The number of nitrogens with one attached hydrogen (secondary N) is 1. The lowest BCUT2D eigenvalue weighted by Crippen LogP contribution is -2.15. The lowest BCUT2D eigenvalue weighted by atomic mass is 10.0. The summed E-state index contributed by atoms with van der Waals surface area (Å²) >= 11 is 6.10. The molecule has 1 aromatic heterocycles. The molecule has 0 bridgehead atoms. The van der Waals surface area contributed by atoms with Gasteiger partial charge in [0.05, 0.1) is 29.8 Å². The van der Waals surface area contributed by atoms with Gasteiger partial charge >= 0.3 is 0 Å². The molecule has 1 atom stereocenters. The van der Waals surface area contributed by atoms with Crippen LogP contribution in [0.3, 0.4) is 0 Å². The molecule has 0 aliphatic carbocycles. The molecule has 0 fully saturated rings. The Bertz CT molecular complexity index is 970. The monoisotopic (exact) mass is 387 g/mol. The summed E-state index contributed by atoms with van der Waals surface area (Å²) in [6.07, 6.45) is 1.62. The molecule has 0 aliphatic heterocycles. The Kier molecular flexibility index (Phi) is 5.52. The highest BCUT2D eigenvalue weighted by Gasteiger charge is 2.24. The molecule has 0 aliphatic rings. The SMILES string of the molecule is COc1cc(NC(c2cccc(Cl)c2)c2ccccn2)c([N+](=O)[O-])cc1F. The van der Waals surface area contributed by atoms with Crippen molar-refractivity contribution in [3.8, 4) is 5.75 Å². The summed E-state index contributed by atoms with van der Waals surface area (Å²) < 4.78 is 18.9. The second-order valence-corrected chi connectivity index (χ2v) is 6.08. The summed E-state index contributed by atoms with van der Waals surface area (Å²) in [6.45, 7) is 0. The van der Waals surface area contributed by atoms with Crippen LogP contribution in [0.2, 0.25) is 5.02 Å². The van der Waals surface area contributed by atoms with Crippen LogP contribution in [0.4, 0.5) is 15.8 Å². The van der Waals surface area contributed by atoms with Crippen LogP contribution in [0.1, 0.15) is 17.3 Å². The molecule has 27 heavy (non-hydrogen) atoms. The maximum Gasteiger partial charge on any atom is 0.295 e. The fourth-order valence-corrected chi connectivity index (χ4v) is 2.88. The predicted octanol–water partition coefficient (Wildman–Crippen LogP) is 4.99. The zero-order valence-corrected chi connectivity index (χ0v) is 15.0. The van der Waals surface area contributed by atoms with Crippen molar-refractivity contribution in [1.82, 2.24) is 4.98 Å². The van der Waals surface area contributed by atoms with Gasteiger partial charge in [-0.05, 0) is 29.8 Å². The molecular formula is C19H15ClFN3O3. The van der Waals surface area contributed by atoms with Crippen molar-refractivity contribution in [2.45, 2.75) is 6.04 Å². The fraction of sp³-hybridized carbons (Fsp3) is 0.105. The number of hydrogen-bond donors (Lipinski definition) is 1. The number of aromatic nitrogens is 1. The van der Waals surface area contributed by atoms with Gasteiger partial charge in [-0.25, -0.2) is 4.39 Å². The van der Waals surface area contributed by atoms with Crippen LogP contribution in [0.15, 0.2) is 60.8 Å². The topological polar surface area (TPSA) is 77.3 Å². The average Bonchev–Trinajstić information content (AvgIpc) is 2.67. The smallest absolute Gasteiger partial charge is 0.295 e. The van der Waals surface area contributed by atoms with Crippen LogP contribution in [-0.2, 0) is 0 Å². The van der Waals surface area contributed by atoms with E-state index >= 15 is 0 Å². The van der Waals surface area contributed by atoms with Crippen molar-refractivity contribution in [2.75, 3.05) is 12.4 Å². The molecule has 0 saturated heterocycles. The van der Waals surface area contributed by atoms with Crippen molar-refractivity contribution in [2.24, 2.45) is 0 Å². The Morgan fingerprint density at radius 3 is 2.67 bits per heavy atom. The van der Waals surface area contributed by atoms with Gasteiger partial charge in [-0.3, -0.25) is 15.1 Å². The van der Waals surface area contributed by atoms with Gasteiger partial charge < -0.3 is 10.1 Å². The molecule has 2 aromatic carbocycles. The standard InChI is InChI=1S/C19H15ClFN3O3/c1-27-18-11-16(17(24(25)26)10-14(18)21)23-19(15-7-2-3-8-22-15)12-5-4-6-13(20)9-12/h2-11,19,23H,1H3. The van der Waals surface area contributed by atoms with Crippen molar-refractivity contribution in [3.63, 3.8) is 0 Å². The van der Waals surface area contributed by atoms with Crippen LogP contribution < -0.4 is 10.1 Å². The number of benzene rings is 2. The van der Waals surface area contributed by atoms with Gasteiger partial charge in [0.25, 0.3) is 5.69 Å². The highest BCUT2D eigenvalue weighted by atomic mass is 35.5. The molecule has 1 N–H and O–H groups in total. The Balaban J connectivity index is 2.11. The molecule has 8 heteroatoms. The number of nitro groups is 1. The fourth-order valence-electron chi connectivity index (χ4n) is 2.68. The normalized spacial score (nSPS) is 11.7. The average molecular weight is 388 g/mol. The van der Waals surface area contributed by atoms with E-state index in [0.29, 0.717) is 10.7 Å². The van der Waals surface area contributed by atoms with Crippen molar-refractivity contribution >= 4 is 23.0 Å². The van der Waals surface area contributed by atoms with Gasteiger partial charge in [0.15, 0.2) is 11.6 Å². The maximum absolute atomic E-state index is 13.9. The first kappa shape index (κ1) is 18.6. The zero-order valence-electron chi connectivity index (χ0n) is 14.2. The lowest BCUT2D eigenvalue weighted by molar-refractivity contribution is -0.384. The van der Waals surface area contributed by atoms with Gasteiger partial charge in [0.1, 0.15) is 5.69 Å². The lowest BCUT2D eigenvalue weighted by Gasteiger charge is -2.20. The van der Waals surface area contributed by atoms with E-state index in [-0.39, 0.29) is 11.4 Å². The number of anilines is 1. The van der Waals surface area contributed by atoms with Gasteiger partial charge in [0, 0.05) is 17.3 Å². The molecule has 0 radical (unpaired) electrons. The number of halogens is 2. The van der Waals surface area contributed by atoms with Gasteiger partial charge in [-0.1, -0.05) is 29.8 Å². The molecule has 1 unspecified atom stereocenters. The predicted molar refractivity (Wildman–Crippen MR) is 101 cm³/mol. The molecule has 6 nitrogen and oxygen atoms in total. The first-order chi connectivity index (χ1) is 13.0. The summed E-state index contributed by atoms with van der Waals surface area (Å²) in [7, 11) is 1.29. The Hall–Kier alpha value is -3.19. The summed E-state index contributed by atoms with van der Waals surface area (Å²) in [5.74, 6) is -0.916. The minimum Gasteiger partial charge on any atom is -0.494 e. The van der Waals surface area contributed by atoms with Crippen LogP contribution in [0.25, 0.3) is 0 Å². The van der Waals surface area contributed by atoms with E-state index in [1.807, 2.05) is 6.07 Å². The largest absolute Gasteiger partial charge is 0.494 e. The van der Waals surface area contributed by atoms with E-state index in [1.165, 1.54) is 13.2 Å². The maximum atomic E-state index is 13.9. The summed E-state index contributed by atoms with van der Waals surface area (Å²) in [6, 6.07) is 14.0. The second kappa shape index (κ2) is 8.01. The van der Waals surface area contributed by atoms with Gasteiger partial charge in [-0.15, -0.1) is 0 Å². The number of nitro benzene ring substituents is 1. The van der Waals surface area contributed by atoms with Crippen LogP contribution in [-0.4, -0.2) is 17.0 Å². The van der Waals surface area contributed by atoms with E-state index in [1.54, 1.807) is 42.6 Å². The molecule has 138 valence electrons. The van der Waals surface area contributed by atoms with E-state index in [0.717, 1.165) is 11.6 Å². The quantitative estimate of drug-likeness (QED) is 0.476. The highest BCUT2D eigenvalue weighted by Crippen LogP contribution is 2.36. The number of ether oxygens (including phenoxy) is 1. The van der Waals surface area contributed by atoms with Crippen molar-refractivity contribution in [1.29, 1.82) is 0 Å². The first-order valence-corrected chi connectivity index (χ1v) is 8.32. The zero-order chi connectivity index (χ0) is 19.4. The number of pyridine rings is 1. The minimum atomic E-state index is -0.813. The summed E-state index contributed by atoms with van der Waals surface area (Å²) in [5.41, 5.74) is 1.07. The van der Waals surface area contributed by atoms with Crippen molar-refractivity contribution < 1.29 is 14.1 Å². The van der Waals surface area contributed by atoms with E-state index in [2.05, 4.69) is 10.3 Å². The molecule has 3 rings (SSSR count). The molecule has 0 spiro atoms. The number of rotatable bonds is 6. The minimum absolute atomic E-state index is 0.103. The van der Waals surface area contributed by atoms with Crippen LogP contribution in [0, 0.1) is 15.9 Å². The van der Waals surface area contributed by atoms with Gasteiger partial charge in [0.2, 0.25) is 0 Å². The second-order valence-electron chi connectivity index (χ2n) is 5.65. The Labute approximate surface area is 159 Å². The third-order valence-corrected chi connectivity index (χ3v) is 4.17. The van der Waals surface area contributed by atoms with E-state index < -0.39 is 22.5 Å². The highest BCUT2D eigenvalue weighted by molar-refractivity contribution is 6.30. The summed E-state index contributed by atoms with van der Waals surface area (Å²) in [5, 5.41) is 15.0. The summed E-state index contributed by atoms with van der Waals surface area (Å²) in [4.78, 5) is 15.1. The third kappa shape index (κ3) is 4.15. The molecule has 1 heterocycles. The Morgan fingerprint density at radius 1 is 1.22 bits per heavy atom. The molecule has 0 amide bonds.